The van der Waals surface area contributed by atoms with Crippen LogP contribution in [0.25, 0.3) is 22.3 Å². The first-order chi connectivity index (χ1) is 12.2. The van der Waals surface area contributed by atoms with Crippen LogP contribution < -0.4 is 5.43 Å². The minimum Gasteiger partial charge on any atom is -0.508 e. The zero-order valence-electron chi connectivity index (χ0n) is 13.4. The number of phenolic OH excluding ortho intramolecular Hbond substituents is 1. The summed E-state index contributed by atoms with van der Waals surface area (Å²) >= 11 is 1.47. The van der Waals surface area contributed by atoms with Crippen LogP contribution in [-0.4, -0.2) is 25.8 Å². The number of phenols is 1. The van der Waals surface area contributed by atoms with Crippen molar-refractivity contribution < 1.29 is 5.11 Å². The number of aromatic hydroxyl groups is 1. The molecule has 4 rings (SSSR count). The van der Waals surface area contributed by atoms with E-state index in [1.54, 1.807) is 12.1 Å². The van der Waals surface area contributed by atoms with Crippen molar-refractivity contribution in [1.29, 1.82) is 0 Å². The Balaban J connectivity index is 1.52. The molecule has 124 valence electrons. The zero-order valence-corrected chi connectivity index (χ0v) is 14.2. The lowest BCUT2D eigenvalue weighted by Crippen LogP contribution is -2.01. The maximum absolute atomic E-state index is 9.36. The number of thiazole rings is 1. The number of para-hydroxylation sites is 2. The van der Waals surface area contributed by atoms with Crippen LogP contribution in [0, 0.1) is 0 Å². The average Bonchev–Trinajstić information content (AvgIpc) is 3.27. The fourth-order valence-corrected chi connectivity index (χ4v) is 3.06. The Bertz CT molecular complexity index is 1020. The molecule has 6 nitrogen and oxygen atoms in total. The quantitative estimate of drug-likeness (QED) is 0.380. The second-order valence-corrected chi connectivity index (χ2v) is 6.35. The van der Waals surface area contributed by atoms with E-state index in [1.807, 2.05) is 48.7 Å². The van der Waals surface area contributed by atoms with Crippen molar-refractivity contribution in [2.75, 3.05) is 5.43 Å². The van der Waals surface area contributed by atoms with E-state index in [9.17, 15) is 5.11 Å². The van der Waals surface area contributed by atoms with Gasteiger partial charge in [-0.05, 0) is 43.3 Å². The summed E-state index contributed by atoms with van der Waals surface area (Å²) in [6.45, 7) is 1.89. The molecule has 4 aromatic rings. The van der Waals surface area contributed by atoms with Gasteiger partial charge in [-0.2, -0.15) is 5.10 Å². The number of anilines is 1. The lowest BCUT2D eigenvalue weighted by Gasteiger charge is -1.98. The van der Waals surface area contributed by atoms with E-state index in [1.165, 1.54) is 11.3 Å². The second-order valence-electron chi connectivity index (χ2n) is 5.50. The second kappa shape index (κ2) is 6.37. The minimum atomic E-state index is 0.239. The number of nitrogens with one attached hydrogen (secondary N) is 2. The third-order valence-electron chi connectivity index (χ3n) is 3.72. The van der Waals surface area contributed by atoms with Crippen molar-refractivity contribution >= 4 is 33.2 Å². The van der Waals surface area contributed by atoms with Crippen LogP contribution in [0.2, 0.25) is 0 Å². The molecule has 0 radical (unpaired) electrons. The van der Waals surface area contributed by atoms with Crippen molar-refractivity contribution in [2.24, 2.45) is 5.10 Å². The molecule has 3 N–H and O–H groups in total. The van der Waals surface area contributed by atoms with Gasteiger partial charge >= 0.3 is 0 Å². The van der Waals surface area contributed by atoms with E-state index >= 15 is 0 Å². The first-order valence-electron chi connectivity index (χ1n) is 7.69. The number of hydrazone groups is 1. The van der Waals surface area contributed by atoms with Gasteiger partial charge in [0, 0.05) is 10.9 Å². The van der Waals surface area contributed by atoms with Crippen LogP contribution >= 0.6 is 11.3 Å². The highest BCUT2D eigenvalue weighted by Gasteiger charge is 2.07. The Morgan fingerprint density at radius 3 is 2.72 bits per heavy atom. The summed E-state index contributed by atoms with van der Waals surface area (Å²) in [5.41, 5.74) is 7.40. The molecular formula is C18H15N5OS. The molecule has 25 heavy (non-hydrogen) atoms. The predicted molar refractivity (Wildman–Crippen MR) is 101 cm³/mol. The van der Waals surface area contributed by atoms with Gasteiger partial charge in [0.2, 0.25) is 5.13 Å². The van der Waals surface area contributed by atoms with E-state index in [0.717, 1.165) is 33.8 Å². The number of nitrogens with zero attached hydrogens (tertiary/aromatic N) is 3. The Labute approximate surface area is 147 Å². The van der Waals surface area contributed by atoms with E-state index in [2.05, 4.69) is 25.5 Å². The number of imidazole rings is 1. The number of rotatable bonds is 4. The summed E-state index contributed by atoms with van der Waals surface area (Å²) in [7, 11) is 0. The van der Waals surface area contributed by atoms with Crippen LogP contribution in [-0.2, 0) is 0 Å². The monoisotopic (exact) mass is 349 g/mol. The van der Waals surface area contributed by atoms with Crippen LogP contribution in [0.4, 0.5) is 5.13 Å². The molecular weight excluding hydrogens is 334 g/mol. The summed E-state index contributed by atoms with van der Waals surface area (Å²) in [5, 5.41) is 16.4. The highest BCUT2D eigenvalue weighted by molar-refractivity contribution is 7.14. The summed E-state index contributed by atoms with van der Waals surface area (Å²) in [4.78, 5) is 12.3. The number of hydrogen-bond acceptors (Lipinski definition) is 6. The molecule has 0 saturated heterocycles. The number of fused-ring (bicyclic) bond motifs is 1. The number of H-pyrrole nitrogens is 1. The lowest BCUT2D eigenvalue weighted by atomic mass is 10.2. The standard InChI is InChI=1S/C18H15N5OS/c1-11(17-19-14-4-2-3-5-15(14)20-17)22-23-18-21-16(10-25-18)12-6-8-13(24)9-7-12/h2-10,24H,1H3,(H,19,20)(H,21,23)/b22-11+. The Morgan fingerprint density at radius 1 is 1.12 bits per heavy atom. The van der Waals surface area contributed by atoms with Gasteiger partial charge in [0.05, 0.1) is 16.7 Å². The van der Waals surface area contributed by atoms with Gasteiger partial charge in [0.15, 0.2) is 5.82 Å². The molecule has 2 heterocycles. The van der Waals surface area contributed by atoms with Crippen molar-refractivity contribution in [2.45, 2.75) is 6.92 Å². The van der Waals surface area contributed by atoms with E-state index in [4.69, 9.17) is 0 Å². The van der Waals surface area contributed by atoms with Crippen LogP contribution in [0.5, 0.6) is 5.75 Å². The smallest absolute Gasteiger partial charge is 0.203 e. The first-order valence-corrected chi connectivity index (χ1v) is 8.57. The molecule has 0 bridgehead atoms. The molecule has 0 aliphatic rings. The normalized spacial score (nSPS) is 11.8. The van der Waals surface area contributed by atoms with Crippen molar-refractivity contribution in [3.05, 3.63) is 59.7 Å². The van der Waals surface area contributed by atoms with Crippen LogP contribution in [0.3, 0.4) is 0 Å². The van der Waals surface area contributed by atoms with Gasteiger partial charge in [-0.25, -0.2) is 9.97 Å². The number of aromatic nitrogens is 3. The van der Waals surface area contributed by atoms with Gasteiger partial charge in [-0.1, -0.05) is 12.1 Å². The van der Waals surface area contributed by atoms with Gasteiger partial charge in [-0.3, -0.25) is 5.43 Å². The van der Waals surface area contributed by atoms with Gasteiger partial charge < -0.3 is 10.1 Å². The molecule has 0 amide bonds. The van der Waals surface area contributed by atoms with E-state index < -0.39 is 0 Å². The summed E-state index contributed by atoms with van der Waals surface area (Å²) in [6, 6.07) is 14.8. The molecule has 0 atom stereocenters. The van der Waals surface area contributed by atoms with Crippen LogP contribution in [0.15, 0.2) is 59.0 Å². The van der Waals surface area contributed by atoms with Gasteiger partial charge in [0.1, 0.15) is 11.5 Å². The minimum absolute atomic E-state index is 0.239. The predicted octanol–water partition coefficient (Wildman–Crippen LogP) is 4.23. The van der Waals surface area contributed by atoms with E-state index in [0.29, 0.717) is 5.13 Å². The Kier molecular flexibility index (Phi) is 3.91. The lowest BCUT2D eigenvalue weighted by molar-refractivity contribution is 0.475. The van der Waals surface area contributed by atoms with Gasteiger partial charge in [0.25, 0.3) is 0 Å². The third kappa shape index (κ3) is 3.22. The fourth-order valence-electron chi connectivity index (χ4n) is 2.40. The maximum Gasteiger partial charge on any atom is 0.203 e. The van der Waals surface area contributed by atoms with Crippen molar-refractivity contribution in [1.82, 2.24) is 15.0 Å². The molecule has 2 aromatic carbocycles. The molecule has 7 heteroatoms. The van der Waals surface area contributed by atoms with Gasteiger partial charge in [-0.15, -0.1) is 11.3 Å². The van der Waals surface area contributed by atoms with Crippen LogP contribution in [0.1, 0.15) is 12.7 Å². The highest BCUT2D eigenvalue weighted by atomic mass is 32.1. The van der Waals surface area contributed by atoms with Crippen molar-refractivity contribution in [3.8, 4) is 17.0 Å². The molecule has 0 fully saturated rings. The Hall–Kier alpha value is -3.19. The molecule has 0 aliphatic heterocycles. The molecule has 0 unspecified atom stereocenters. The highest BCUT2D eigenvalue weighted by Crippen LogP contribution is 2.26. The molecule has 0 aliphatic carbocycles. The number of aromatic amines is 1. The first kappa shape index (κ1) is 15.3. The van der Waals surface area contributed by atoms with Crippen molar-refractivity contribution in [3.63, 3.8) is 0 Å². The summed E-state index contributed by atoms with van der Waals surface area (Å²) < 4.78 is 0. The van der Waals surface area contributed by atoms with E-state index in [-0.39, 0.29) is 5.75 Å². The maximum atomic E-state index is 9.36. The molecule has 0 saturated carbocycles. The summed E-state index contributed by atoms with van der Waals surface area (Å²) in [5.74, 6) is 0.965. The fraction of sp³-hybridized carbons (Fsp3) is 0.0556. The average molecular weight is 349 g/mol. The molecule has 0 spiro atoms. The SMILES string of the molecule is C/C(=N\Nc1nc(-c2ccc(O)cc2)cs1)c1nc2ccccc2[nH]1. The zero-order chi connectivity index (χ0) is 17.2. The summed E-state index contributed by atoms with van der Waals surface area (Å²) in [6.07, 6.45) is 0. The molecule has 2 aromatic heterocycles. The number of benzene rings is 2. The topological polar surface area (TPSA) is 86.2 Å². The number of hydrogen-bond donors (Lipinski definition) is 3. The largest absolute Gasteiger partial charge is 0.508 e. The Morgan fingerprint density at radius 2 is 1.92 bits per heavy atom. The third-order valence-corrected chi connectivity index (χ3v) is 4.47.